The lowest BCUT2D eigenvalue weighted by Gasteiger charge is -2.05. The van der Waals surface area contributed by atoms with Gasteiger partial charge in [0, 0.05) is 6.92 Å². The zero-order valence-corrected chi connectivity index (χ0v) is 7.37. The number of rotatable bonds is 2. The molecule has 5 heteroatoms. The molecule has 0 aliphatic rings. The van der Waals surface area contributed by atoms with Gasteiger partial charge in [0.25, 0.3) is 0 Å². The smallest absolute Gasteiger partial charge is 0.338 e. The number of benzene rings is 1. The maximum atomic E-state index is 13.3. The molecule has 0 aliphatic heterocycles. The molecule has 0 fully saturated rings. The van der Waals surface area contributed by atoms with Crippen molar-refractivity contribution in [3.05, 3.63) is 29.6 Å². The summed E-state index contributed by atoms with van der Waals surface area (Å²) in [5.41, 5.74) is -0.589. The summed E-state index contributed by atoms with van der Waals surface area (Å²) in [6.45, 7) is 1.22. The van der Waals surface area contributed by atoms with E-state index >= 15 is 0 Å². The summed E-state index contributed by atoms with van der Waals surface area (Å²) in [5.74, 6) is -2.75. The highest BCUT2D eigenvalue weighted by molar-refractivity contribution is 5.93. The van der Waals surface area contributed by atoms with Gasteiger partial charge in [-0.25, -0.2) is 9.18 Å². The predicted octanol–water partition coefficient (Wildman–Crippen LogP) is 1.48. The molecule has 1 rings (SSSR count). The van der Waals surface area contributed by atoms with Crippen LogP contribution in [0.1, 0.15) is 17.3 Å². The fraction of sp³-hybridized carbons (Fsp3) is 0.111. The summed E-state index contributed by atoms with van der Waals surface area (Å²) in [6, 6.07) is 3.78. The summed E-state index contributed by atoms with van der Waals surface area (Å²) in [5, 5.41) is 10.8. The van der Waals surface area contributed by atoms with Crippen molar-refractivity contribution in [2.75, 3.05) is 5.32 Å². The average molecular weight is 197 g/mol. The average Bonchev–Trinajstić information content (AvgIpc) is 2.07. The van der Waals surface area contributed by atoms with Crippen LogP contribution < -0.4 is 5.32 Å². The number of carboxylic acid groups (broad SMARTS) is 1. The Labute approximate surface area is 79.4 Å². The molecule has 0 heterocycles. The van der Waals surface area contributed by atoms with Crippen LogP contribution in [0.25, 0.3) is 0 Å². The van der Waals surface area contributed by atoms with Gasteiger partial charge in [0.15, 0.2) is 5.82 Å². The molecule has 0 radical (unpaired) electrons. The number of hydrogen-bond donors (Lipinski definition) is 2. The van der Waals surface area contributed by atoms with Crippen LogP contribution in [0.3, 0.4) is 0 Å². The third-order valence-electron chi connectivity index (χ3n) is 1.54. The molecule has 0 saturated carbocycles. The predicted molar refractivity (Wildman–Crippen MR) is 47.7 cm³/mol. The Morgan fingerprint density at radius 3 is 2.57 bits per heavy atom. The van der Waals surface area contributed by atoms with E-state index in [1.807, 2.05) is 0 Å². The minimum Gasteiger partial charge on any atom is -0.478 e. The van der Waals surface area contributed by atoms with Crippen molar-refractivity contribution < 1.29 is 19.1 Å². The Morgan fingerprint density at radius 2 is 2.07 bits per heavy atom. The SMILES string of the molecule is CC(=O)Nc1cccc(C(=O)O)c1F. The van der Waals surface area contributed by atoms with Crippen LogP contribution in [0.15, 0.2) is 18.2 Å². The maximum Gasteiger partial charge on any atom is 0.338 e. The van der Waals surface area contributed by atoms with E-state index in [0.29, 0.717) is 0 Å². The minimum absolute atomic E-state index is 0.127. The summed E-state index contributed by atoms with van der Waals surface area (Å²) < 4.78 is 13.3. The van der Waals surface area contributed by atoms with Crippen molar-refractivity contribution in [2.24, 2.45) is 0 Å². The number of amides is 1. The van der Waals surface area contributed by atoms with Gasteiger partial charge in [-0.1, -0.05) is 6.07 Å². The van der Waals surface area contributed by atoms with E-state index in [-0.39, 0.29) is 5.69 Å². The second-order valence-electron chi connectivity index (χ2n) is 2.65. The molecule has 74 valence electrons. The second kappa shape index (κ2) is 3.87. The number of nitrogens with one attached hydrogen (secondary N) is 1. The van der Waals surface area contributed by atoms with E-state index in [9.17, 15) is 14.0 Å². The van der Waals surface area contributed by atoms with Crippen molar-refractivity contribution in [2.45, 2.75) is 6.92 Å². The fourth-order valence-corrected chi connectivity index (χ4v) is 0.983. The first-order chi connectivity index (χ1) is 6.52. The Kier molecular flexibility index (Phi) is 2.81. The molecule has 0 aliphatic carbocycles. The Morgan fingerprint density at radius 1 is 1.43 bits per heavy atom. The normalized spacial score (nSPS) is 9.57. The van der Waals surface area contributed by atoms with E-state index in [1.54, 1.807) is 0 Å². The fourth-order valence-electron chi connectivity index (χ4n) is 0.983. The van der Waals surface area contributed by atoms with Gasteiger partial charge >= 0.3 is 5.97 Å². The zero-order chi connectivity index (χ0) is 10.7. The molecular weight excluding hydrogens is 189 g/mol. The number of aromatic carboxylic acids is 1. The van der Waals surface area contributed by atoms with Crippen LogP contribution in [-0.4, -0.2) is 17.0 Å². The molecular formula is C9H8FNO3. The van der Waals surface area contributed by atoms with Crippen LogP contribution in [0.4, 0.5) is 10.1 Å². The van der Waals surface area contributed by atoms with Crippen LogP contribution >= 0.6 is 0 Å². The molecule has 14 heavy (non-hydrogen) atoms. The topological polar surface area (TPSA) is 66.4 Å². The maximum absolute atomic E-state index is 13.3. The molecule has 1 aromatic rings. The highest BCUT2D eigenvalue weighted by atomic mass is 19.1. The van der Waals surface area contributed by atoms with E-state index in [2.05, 4.69) is 5.32 Å². The third kappa shape index (κ3) is 2.07. The number of carbonyl (C=O) groups is 2. The highest BCUT2D eigenvalue weighted by Crippen LogP contribution is 2.17. The highest BCUT2D eigenvalue weighted by Gasteiger charge is 2.13. The number of anilines is 1. The van der Waals surface area contributed by atoms with Crippen molar-refractivity contribution in [3.8, 4) is 0 Å². The molecule has 0 aromatic heterocycles. The molecule has 4 nitrogen and oxygen atoms in total. The first kappa shape index (κ1) is 10.2. The molecule has 2 N–H and O–H groups in total. The van der Waals surface area contributed by atoms with Crippen molar-refractivity contribution in [1.29, 1.82) is 0 Å². The lowest BCUT2D eigenvalue weighted by molar-refractivity contribution is -0.114. The Hall–Kier alpha value is -1.91. The van der Waals surface area contributed by atoms with Gasteiger partial charge in [0.2, 0.25) is 5.91 Å². The van der Waals surface area contributed by atoms with Crippen molar-refractivity contribution >= 4 is 17.6 Å². The van der Waals surface area contributed by atoms with E-state index in [0.717, 1.165) is 6.07 Å². The summed E-state index contributed by atoms with van der Waals surface area (Å²) in [6.07, 6.45) is 0. The second-order valence-corrected chi connectivity index (χ2v) is 2.65. The van der Waals surface area contributed by atoms with Gasteiger partial charge in [-0.3, -0.25) is 4.79 Å². The summed E-state index contributed by atoms with van der Waals surface area (Å²) in [4.78, 5) is 21.1. The van der Waals surface area contributed by atoms with Crippen LogP contribution in [0, 0.1) is 5.82 Å². The van der Waals surface area contributed by atoms with Gasteiger partial charge in [-0.15, -0.1) is 0 Å². The zero-order valence-electron chi connectivity index (χ0n) is 7.37. The molecule has 0 atom stereocenters. The monoisotopic (exact) mass is 197 g/mol. The lowest BCUT2D eigenvalue weighted by atomic mass is 10.2. The van der Waals surface area contributed by atoms with Crippen LogP contribution in [0.5, 0.6) is 0 Å². The number of halogens is 1. The van der Waals surface area contributed by atoms with Crippen LogP contribution in [0.2, 0.25) is 0 Å². The summed E-state index contributed by atoms with van der Waals surface area (Å²) >= 11 is 0. The molecule has 1 amide bonds. The lowest BCUT2D eigenvalue weighted by Crippen LogP contribution is -2.10. The van der Waals surface area contributed by atoms with Gasteiger partial charge in [0.05, 0.1) is 11.3 Å². The molecule has 0 bridgehead atoms. The largest absolute Gasteiger partial charge is 0.478 e. The van der Waals surface area contributed by atoms with E-state index in [4.69, 9.17) is 5.11 Å². The Bertz CT molecular complexity index is 390. The minimum atomic E-state index is -1.37. The molecule has 0 unspecified atom stereocenters. The third-order valence-corrected chi connectivity index (χ3v) is 1.54. The first-order valence-corrected chi connectivity index (χ1v) is 3.81. The number of hydrogen-bond acceptors (Lipinski definition) is 2. The van der Waals surface area contributed by atoms with Crippen molar-refractivity contribution in [1.82, 2.24) is 0 Å². The summed E-state index contributed by atoms with van der Waals surface area (Å²) in [7, 11) is 0. The Balaban J connectivity index is 3.13. The first-order valence-electron chi connectivity index (χ1n) is 3.81. The quantitative estimate of drug-likeness (QED) is 0.754. The van der Waals surface area contributed by atoms with Gasteiger partial charge in [-0.2, -0.15) is 0 Å². The standard InChI is InChI=1S/C9H8FNO3/c1-5(12)11-7-4-2-3-6(8(7)10)9(13)14/h2-4H,1H3,(H,11,12)(H,13,14). The number of carboxylic acids is 1. The molecule has 1 aromatic carbocycles. The van der Waals surface area contributed by atoms with Gasteiger partial charge < -0.3 is 10.4 Å². The molecule has 0 saturated heterocycles. The number of carbonyl (C=O) groups excluding carboxylic acids is 1. The van der Waals surface area contributed by atoms with Gasteiger partial charge in [0.1, 0.15) is 0 Å². The van der Waals surface area contributed by atoms with E-state index in [1.165, 1.54) is 19.1 Å². The van der Waals surface area contributed by atoms with Crippen molar-refractivity contribution in [3.63, 3.8) is 0 Å². The molecule has 0 spiro atoms. The van der Waals surface area contributed by atoms with Crippen LogP contribution in [-0.2, 0) is 4.79 Å². The van der Waals surface area contributed by atoms with Gasteiger partial charge in [-0.05, 0) is 12.1 Å². The van der Waals surface area contributed by atoms with E-state index < -0.39 is 23.3 Å².